The monoisotopic (exact) mass is 266 g/mol. The zero-order chi connectivity index (χ0) is 14.4. The quantitative estimate of drug-likeness (QED) is 0.612. The first-order chi connectivity index (χ1) is 8.93. The van der Waals surface area contributed by atoms with Crippen LogP contribution in [-0.2, 0) is 9.53 Å². The number of carbonyl (C=O) groups excluding carboxylic acids is 2. The van der Waals surface area contributed by atoms with Crippen LogP contribution in [0.2, 0.25) is 0 Å². The molecule has 19 heavy (non-hydrogen) atoms. The number of nitrogens with one attached hydrogen (secondary N) is 1. The summed E-state index contributed by atoms with van der Waals surface area (Å²) in [5.74, 6) is -0.655. The van der Waals surface area contributed by atoms with Crippen molar-refractivity contribution in [2.45, 2.75) is 19.9 Å². The van der Waals surface area contributed by atoms with Crippen molar-refractivity contribution in [3.8, 4) is 5.75 Å². The molecular formula is C13H18N2O4. The molecule has 6 nitrogen and oxygen atoms in total. The van der Waals surface area contributed by atoms with Crippen LogP contribution < -0.4 is 15.8 Å². The lowest BCUT2D eigenvalue weighted by molar-refractivity contribution is -0.124. The number of rotatable bonds is 5. The number of anilines is 1. The highest BCUT2D eigenvalue weighted by Crippen LogP contribution is 2.21. The maximum absolute atomic E-state index is 11.8. The molecule has 0 saturated carbocycles. The van der Waals surface area contributed by atoms with Gasteiger partial charge in [0, 0.05) is 11.7 Å². The Labute approximate surface area is 111 Å². The highest BCUT2D eigenvalue weighted by atomic mass is 16.5. The van der Waals surface area contributed by atoms with Crippen LogP contribution in [0.5, 0.6) is 5.75 Å². The van der Waals surface area contributed by atoms with Crippen LogP contribution in [0.4, 0.5) is 5.69 Å². The Hall–Kier alpha value is -2.24. The third kappa shape index (κ3) is 4.50. The summed E-state index contributed by atoms with van der Waals surface area (Å²) in [5, 5.41) is 2.62. The van der Waals surface area contributed by atoms with Gasteiger partial charge in [-0.3, -0.25) is 4.79 Å². The molecule has 3 N–H and O–H groups in total. The third-order valence-corrected chi connectivity index (χ3v) is 2.23. The molecular weight excluding hydrogens is 248 g/mol. The molecule has 0 aliphatic carbocycles. The van der Waals surface area contributed by atoms with Gasteiger partial charge in [-0.05, 0) is 32.0 Å². The number of nitrogen functional groups attached to an aromatic ring is 1. The van der Waals surface area contributed by atoms with E-state index in [-0.39, 0.29) is 24.1 Å². The lowest BCUT2D eigenvalue weighted by Crippen LogP contribution is -2.34. The number of amides is 1. The smallest absolute Gasteiger partial charge is 0.342 e. The van der Waals surface area contributed by atoms with E-state index in [1.807, 2.05) is 13.8 Å². The van der Waals surface area contributed by atoms with Crippen LogP contribution in [0.25, 0.3) is 0 Å². The van der Waals surface area contributed by atoms with E-state index in [1.54, 1.807) is 12.1 Å². The SMILES string of the molecule is COc1ccc(N)cc1C(=O)OCC(=O)NC(C)C. The van der Waals surface area contributed by atoms with E-state index in [9.17, 15) is 9.59 Å². The molecule has 0 aromatic heterocycles. The Balaban J connectivity index is 2.68. The fourth-order valence-corrected chi connectivity index (χ4v) is 1.46. The van der Waals surface area contributed by atoms with Crippen molar-refractivity contribution in [3.63, 3.8) is 0 Å². The van der Waals surface area contributed by atoms with Gasteiger partial charge < -0.3 is 20.5 Å². The second-order valence-corrected chi connectivity index (χ2v) is 4.26. The van der Waals surface area contributed by atoms with Crippen molar-refractivity contribution in [3.05, 3.63) is 23.8 Å². The topological polar surface area (TPSA) is 90.7 Å². The summed E-state index contributed by atoms with van der Waals surface area (Å²) in [6, 6.07) is 4.62. The fraction of sp³-hybridized carbons (Fsp3) is 0.385. The number of hydrogen-bond donors (Lipinski definition) is 2. The molecule has 0 saturated heterocycles. The number of hydrogen-bond acceptors (Lipinski definition) is 5. The van der Waals surface area contributed by atoms with Crippen LogP contribution in [-0.4, -0.2) is 31.6 Å². The molecule has 0 heterocycles. The second-order valence-electron chi connectivity index (χ2n) is 4.26. The zero-order valence-electron chi connectivity index (χ0n) is 11.2. The number of nitrogens with two attached hydrogens (primary N) is 1. The Morgan fingerprint density at radius 3 is 2.63 bits per heavy atom. The Kier molecular flexibility index (Phi) is 5.17. The highest BCUT2D eigenvalue weighted by Gasteiger charge is 2.15. The number of methoxy groups -OCH3 is 1. The van der Waals surface area contributed by atoms with Crippen LogP contribution in [0, 0.1) is 0 Å². The minimum absolute atomic E-state index is 0.00638. The predicted molar refractivity (Wildman–Crippen MR) is 71.0 cm³/mol. The van der Waals surface area contributed by atoms with Gasteiger partial charge in [-0.1, -0.05) is 0 Å². The average molecular weight is 266 g/mol. The Morgan fingerprint density at radius 2 is 2.05 bits per heavy atom. The van der Waals surface area contributed by atoms with Crippen molar-refractivity contribution in [1.29, 1.82) is 0 Å². The minimum Gasteiger partial charge on any atom is -0.496 e. The van der Waals surface area contributed by atoms with E-state index in [0.29, 0.717) is 11.4 Å². The Morgan fingerprint density at radius 1 is 1.37 bits per heavy atom. The molecule has 0 fully saturated rings. The summed E-state index contributed by atoms with van der Waals surface area (Å²) in [5.41, 5.74) is 6.21. The van der Waals surface area contributed by atoms with Gasteiger partial charge in [0.05, 0.1) is 7.11 Å². The van der Waals surface area contributed by atoms with Gasteiger partial charge >= 0.3 is 5.97 Å². The first kappa shape index (κ1) is 14.8. The minimum atomic E-state index is -0.650. The first-order valence-electron chi connectivity index (χ1n) is 5.84. The zero-order valence-corrected chi connectivity index (χ0v) is 11.2. The maximum atomic E-state index is 11.8. The van der Waals surface area contributed by atoms with E-state index in [2.05, 4.69) is 5.32 Å². The van der Waals surface area contributed by atoms with Gasteiger partial charge in [0.15, 0.2) is 6.61 Å². The molecule has 0 spiro atoms. The van der Waals surface area contributed by atoms with Crippen LogP contribution in [0.15, 0.2) is 18.2 Å². The van der Waals surface area contributed by atoms with Crippen molar-refractivity contribution in [1.82, 2.24) is 5.32 Å². The summed E-state index contributed by atoms with van der Waals surface area (Å²) in [4.78, 5) is 23.2. The van der Waals surface area contributed by atoms with E-state index < -0.39 is 5.97 Å². The van der Waals surface area contributed by atoms with Crippen molar-refractivity contribution in [2.75, 3.05) is 19.5 Å². The number of benzene rings is 1. The number of ether oxygens (including phenoxy) is 2. The van der Waals surface area contributed by atoms with Gasteiger partial charge in [-0.2, -0.15) is 0 Å². The van der Waals surface area contributed by atoms with Gasteiger partial charge in [-0.25, -0.2) is 4.79 Å². The second kappa shape index (κ2) is 6.63. The van der Waals surface area contributed by atoms with Crippen molar-refractivity contribution >= 4 is 17.6 Å². The molecule has 104 valence electrons. The molecule has 0 radical (unpaired) electrons. The molecule has 1 aromatic carbocycles. The molecule has 1 aromatic rings. The standard InChI is InChI=1S/C13H18N2O4/c1-8(2)15-12(16)7-19-13(17)10-6-9(14)4-5-11(10)18-3/h4-6,8H,7,14H2,1-3H3,(H,15,16). The van der Waals surface area contributed by atoms with E-state index >= 15 is 0 Å². The van der Waals surface area contributed by atoms with Crippen LogP contribution in [0.3, 0.4) is 0 Å². The molecule has 1 amide bonds. The molecule has 0 aliphatic rings. The number of esters is 1. The normalized spacial score (nSPS) is 10.1. The fourth-order valence-electron chi connectivity index (χ4n) is 1.46. The Bertz CT molecular complexity index is 472. The van der Waals surface area contributed by atoms with E-state index in [4.69, 9.17) is 15.2 Å². The van der Waals surface area contributed by atoms with Crippen LogP contribution in [0.1, 0.15) is 24.2 Å². The summed E-state index contributed by atoms with van der Waals surface area (Å²) in [7, 11) is 1.44. The van der Waals surface area contributed by atoms with Crippen molar-refractivity contribution < 1.29 is 19.1 Å². The molecule has 0 bridgehead atoms. The molecule has 6 heteroatoms. The summed E-state index contributed by atoms with van der Waals surface area (Å²) < 4.78 is 9.94. The molecule has 0 unspecified atom stereocenters. The van der Waals surface area contributed by atoms with Gasteiger partial charge in [0.2, 0.25) is 0 Å². The summed E-state index contributed by atoms with van der Waals surface area (Å²) >= 11 is 0. The van der Waals surface area contributed by atoms with E-state index in [0.717, 1.165) is 0 Å². The maximum Gasteiger partial charge on any atom is 0.342 e. The lowest BCUT2D eigenvalue weighted by Gasteiger charge is -2.11. The van der Waals surface area contributed by atoms with Crippen molar-refractivity contribution in [2.24, 2.45) is 0 Å². The molecule has 0 aliphatic heterocycles. The lowest BCUT2D eigenvalue weighted by atomic mass is 10.2. The molecule has 1 rings (SSSR count). The molecule has 0 atom stereocenters. The first-order valence-corrected chi connectivity index (χ1v) is 5.84. The highest BCUT2D eigenvalue weighted by molar-refractivity contribution is 5.94. The number of carbonyl (C=O) groups is 2. The van der Waals surface area contributed by atoms with E-state index in [1.165, 1.54) is 13.2 Å². The van der Waals surface area contributed by atoms with Crippen LogP contribution >= 0.6 is 0 Å². The average Bonchev–Trinajstić information content (AvgIpc) is 2.35. The van der Waals surface area contributed by atoms with Gasteiger partial charge in [0.1, 0.15) is 11.3 Å². The summed E-state index contributed by atoms with van der Waals surface area (Å²) in [6.45, 7) is 3.30. The summed E-state index contributed by atoms with van der Waals surface area (Å²) in [6.07, 6.45) is 0. The largest absolute Gasteiger partial charge is 0.496 e. The van der Waals surface area contributed by atoms with Gasteiger partial charge in [-0.15, -0.1) is 0 Å². The third-order valence-electron chi connectivity index (χ3n) is 2.23. The predicted octanol–water partition coefficient (Wildman–Crippen LogP) is 0.959. The van der Waals surface area contributed by atoms with Gasteiger partial charge in [0.25, 0.3) is 5.91 Å².